The molecular weight excluding hydrogens is 220 g/mol. The van der Waals surface area contributed by atoms with Crippen molar-refractivity contribution in [1.82, 2.24) is 4.98 Å². The summed E-state index contributed by atoms with van der Waals surface area (Å²) in [5.74, 6) is 0.920. The molecule has 0 aliphatic rings. The number of hydrogen-bond donors (Lipinski definition) is 1. The van der Waals surface area contributed by atoms with Crippen molar-refractivity contribution in [2.75, 3.05) is 26.1 Å². The molecule has 2 N–H and O–H groups in total. The first-order valence-electron chi connectivity index (χ1n) is 5.72. The fraction of sp³-hybridized carbons (Fsp3) is 0.583. The highest BCUT2D eigenvalue weighted by Gasteiger charge is 2.08. The van der Waals surface area contributed by atoms with Crippen LogP contribution in [0.5, 0.6) is 11.8 Å². The molecule has 0 saturated heterocycles. The maximum absolute atomic E-state index is 5.75. The summed E-state index contributed by atoms with van der Waals surface area (Å²) in [6, 6.07) is 3.45. The molecule has 5 nitrogen and oxygen atoms in total. The molecule has 17 heavy (non-hydrogen) atoms. The Kier molecular flexibility index (Phi) is 5.56. The molecule has 96 valence electrons. The Balaban J connectivity index is 2.67. The number of nitrogens with two attached hydrogens (primary N) is 1. The van der Waals surface area contributed by atoms with E-state index in [0.29, 0.717) is 30.7 Å². The molecule has 0 saturated carbocycles. The second-order valence-electron chi connectivity index (χ2n) is 3.78. The largest absolute Gasteiger partial charge is 0.476 e. The number of nitrogen functional groups attached to an aromatic ring is 1. The molecule has 1 rings (SSSR count). The van der Waals surface area contributed by atoms with Gasteiger partial charge < -0.3 is 19.9 Å². The summed E-state index contributed by atoms with van der Waals surface area (Å²) in [4.78, 5) is 4.21. The summed E-state index contributed by atoms with van der Waals surface area (Å²) in [5, 5.41) is 0. The molecule has 0 bridgehead atoms. The molecule has 1 aromatic rings. The minimum absolute atomic E-state index is 0.0600. The molecule has 1 heterocycles. The summed E-state index contributed by atoms with van der Waals surface area (Å²) in [7, 11) is 1.63. The van der Waals surface area contributed by atoms with Crippen LogP contribution in [0.3, 0.4) is 0 Å². The third-order valence-electron chi connectivity index (χ3n) is 2.03. The third-order valence-corrected chi connectivity index (χ3v) is 2.03. The number of aromatic nitrogens is 1. The van der Waals surface area contributed by atoms with E-state index in [1.165, 1.54) is 0 Å². The number of rotatable bonds is 7. The second kappa shape index (κ2) is 6.96. The third kappa shape index (κ3) is 4.48. The van der Waals surface area contributed by atoms with E-state index in [0.717, 1.165) is 6.42 Å². The fourth-order valence-corrected chi connectivity index (χ4v) is 1.29. The van der Waals surface area contributed by atoms with Gasteiger partial charge in [-0.15, -0.1) is 0 Å². The van der Waals surface area contributed by atoms with Gasteiger partial charge in [0.05, 0.1) is 18.9 Å². The highest BCUT2D eigenvalue weighted by atomic mass is 16.5. The molecule has 1 atom stereocenters. The Morgan fingerprint density at radius 1 is 1.41 bits per heavy atom. The summed E-state index contributed by atoms with van der Waals surface area (Å²) in [6.07, 6.45) is 0.849. The number of pyridine rings is 1. The van der Waals surface area contributed by atoms with Crippen LogP contribution in [0.2, 0.25) is 0 Å². The van der Waals surface area contributed by atoms with Crippen molar-refractivity contribution in [2.45, 2.75) is 26.4 Å². The number of methoxy groups -OCH3 is 1. The topological polar surface area (TPSA) is 66.6 Å². The zero-order valence-corrected chi connectivity index (χ0v) is 10.6. The first-order chi connectivity index (χ1) is 8.17. The van der Waals surface area contributed by atoms with Gasteiger partial charge >= 0.3 is 0 Å². The van der Waals surface area contributed by atoms with E-state index in [-0.39, 0.29) is 6.10 Å². The second-order valence-corrected chi connectivity index (χ2v) is 3.78. The first kappa shape index (κ1) is 13.6. The van der Waals surface area contributed by atoms with E-state index < -0.39 is 0 Å². The lowest BCUT2D eigenvalue weighted by atomic mass is 10.4. The van der Waals surface area contributed by atoms with Gasteiger partial charge in [0.15, 0.2) is 0 Å². The van der Waals surface area contributed by atoms with E-state index in [1.807, 2.05) is 13.8 Å². The molecule has 0 aromatic carbocycles. The van der Waals surface area contributed by atoms with Crippen LogP contribution in [0.4, 0.5) is 5.69 Å². The van der Waals surface area contributed by atoms with Gasteiger partial charge in [-0.1, -0.05) is 6.92 Å². The molecule has 0 amide bonds. The van der Waals surface area contributed by atoms with Crippen LogP contribution >= 0.6 is 0 Å². The molecule has 1 unspecified atom stereocenters. The van der Waals surface area contributed by atoms with Crippen LogP contribution in [-0.2, 0) is 4.74 Å². The predicted octanol–water partition coefficient (Wildman–Crippen LogP) is 1.87. The molecular formula is C12H20N2O3. The summed E-state index contributed by atoms with van der Waals surface area (Å²) in [6.45, 7) is 5.04. The van der Waals surface area contributed by atoms with Gasteiger partial charge in [-0.2, -0.15) is 4.98 Å². The number of ether oxygens (including phenoxy) is 3. The van der Waals surface area contributed by atoms with Gasteiger partial charge in [-0.3, -0.25) is 0 Å². The van der Waals surface area contributed by atoms with Crippen molar-refractivity contribution in [3.8, 4) is 11.8 Å². The molecule has 5 heteroatoms. The van der Waals surface area contributed by atoms with Crippen LogP contribution in [0.25, 0.3) is 0 Å². The number of hydrogen-bond acceptors (Lipinski definition) is 5. The van der Waals surface area contributed by atoms with Crippen LogP contribution in [0.1, 0.15) is 20.3 Å². The Bertz CT molecular complexity index is 345. The van der Waals surface area contributed by atoms with Gasteiger partial charge in [0.2, 0.25) is 11.8 Å². The van der Waals surface area contributed by atoms with Crippen molar-refractivity contribution in [3.63, 3.8) is 0 Å². The number of nitrogens with zero attached hydrogens (tertiary/aromatic N) is 1. The molecule has 0 spiro atoms. The van der Waals surface area contributed by atoms with E-state index in [1.54, 1.807) is 19.2 Å². The Morgan fingerprint density at radius 3 is 2.82 bits per heavy atom. The van der Waals surface area contributed by atoms with Crippen molar-refractivity contribution < 1.29 is 14.2 Å². The Morgan fingerprint density at radius 2 is 2.18 bits per heavy atom. The smallest absolute Gasteiger partial charge is 0.240 e. The van der Waals surface area contributed by atoms with E-state index in [2.05, 4.69) is 4.98 Å². The van der Waals surface area contributed by atoms with Crippen molar-refractivity contribution in [1.29, 1.82) is 0 Å². The number of anilines is 1. The standard InChI is InChI=1S/C12H20N2O3/c1-4-7-16-12-10(13)5-6-11(14-12)17-9(2)8-15-3/h5-6,9H,4,7-8,13H2,1-3H3. The van der Waals surface area contributed by atoms with Crippen LogP contribution < -0.4 is 15.2 Å². The van der Waals surface area contributed by atoms with Crippen LogP contribution in [-0.4, -0.2) is 31.4 Å². The minimum Gasteiger partial charge on any atom is -0.476 e. The quantitative estimate of drug-likeness (QED) is 0.788. The fourth-order valence-electron chi connectivity index (χ4n) is 1.29. The summed E-state index contributed by atoms with van der Waals surface area (Å²) >= 11 is 0. The lowest BCUT2D eigenvalue weighted by Crippen LogP contribution is -2.18. The lowest BCUT2D eigenvalue weighted by molar-refractivity contribution is 0.0884. The average Bonchev–Trinajstić information content (AvgIpc) is 2.30. The maximum atomic E-state index is 5.75. The highest BCUT2D eigenvalue weighted by molar-refractivity contribution is 5.49. The lowest BCUT2D eigenvalue weighted by Gasteiger charge is -2.14. The zero-order chi connectivity index (χ0) is 12.7. The molecule has 0 fully saturated rings. The monoisotopic (exact) mass is 240 g/mol. The van der Waals surface area contributed by atoms with Crippen LogP contribution in [0, 0.1) is 0 Å². The molecule has 0 aliphatic heterocycles. The highest BCUT2D eigenvalue weighted by Crippen LogP contribution is 2.22. The average molecular weight is 240 g/mol. The molecule has 0 radical (unpaired) electrons. The zero-order valence-electron chi connectivity index (χ0n) is 10.6. The van der Waals surface area contributed by atoms with E-state index in [9.17, 15) is 0 Å². The molecule has 0 aliphatic carbocycles. The van der Waals surface area contributed by atoms with Gasteiger partial charge in [-0.25, -0.2) is 0 Å². The Labute approximate surface area is 102 Å². The SMILES string of the molecule is CCCOc1nc(OC(C)COC)ccc1N. The van der Waals surface area contributed by atoms with Gasteiger partial charge in [0.1, 0.15) is 6.10 Å². The van der Waals surface area contributed by atoms with Crippen molar-refractivity contribution in [3.05, 3.63) is 12.1 Å². The summed E-state index contributed by atoms with van der Waals surface area (Å²) < 4.78 is 16.0. The van der Waals surface area contributed by atoms with Crippen LogP contribution in [0.15, 0.2) is 12.1 Å². The summed E-state index contributed by atoms with van der Waals surface area (Å²) in [5.41, 5.74) is 6.27. The normalized spacial score (nSPS) is 12.2. The molecule has 1 aromatic heterocycles. The van der Waals surface area contributed by atoms with Gasteiger partial charge in [-0.05, 0) is 19.4 Å². The first-order valence-corrected chi connectivity index (χ1v) is 5.72. The van der Waals surface area contributed by atoms with E-state index >= 15 is 0 Å². The van der Waals surface area contributed by atoms with Gasteiger partial charge in [0, 0.05) is 13.2 Å². The van der Waals surface area contributed by atoms with Crippen molar-refractivity contribution in [2.24, 2.45) is 0 Å². The van der Waals surface area contributed by atoms with Crippen molar-refractivity contribution >= 4 is 5.69 Å². The minimum atomic E-state index is -0.0600. The Hall–Kier alpha value is -1.49. The van der Waals surface area contributed by atoms with Gasteiger partial charge in [0.25, 0.3) is 0 Å². The van der Waals surface area contributed by atoms with E-state index in [4.69, 9.17) is 19.9 Å². The predicted molar refractivity (Wildman–Crippen MR) is 66.4 cm³/mol. The maximum Gasteiger partial charge on any atom is 0.240 e.